The topological polar surface area (TPSA) is 64.1 Å². The van der Waals surface area contributed by atoms with Gasteiger partial charge in [0.1, 0.15) is 6.04 Å². The standard InChI is InChI=1S/C13H21N3O3S/c17-12(18)11-8-20-9-16(11)13(19)15-6-2-5-14-4-1-3-10(14)7-15/h10-11H,1-9H2,(H,17,18). The number of carbonyl (C=O) groups is 2. The minimum absolute atomic E-state index is 0.0869. The van der Waals surface area contributed by atoms with Gasteiger partial charge in [-0.1, -0.05) is 0 Å². The minimum atomic E-state index is -0.888. The first kappa shape index (κ1) is 14.0. The molecule has 6 nitrogen and oxygen atoms in total. The van der Waals surface area contributed by atoms with Gasteiger partial charge in [-0.15, -0.1) is 11.8 Å². The first-order valence-corrected chi connectivity index (χ1v) is 8.42. The Kier molecular flexibility index (Phi) is 4.07. The Hall–Kier alpha value is -0.950. The van der Waals surface area contributed by atoms with Gasteiger partial charge in [-0.2, -0.15) is 0 Å². The third kappa shape index (κ3) is 2.61. The van der Waals surface area contributed by atoms with Crippen LogP contribution in [0.25, 0.3) is 0 Å². The molecule has 3 aliphatic rings. The minimum Gasteiger partial charge on any atom is -0.480 e. The van der Waals surface area contributed by atoms with E-state index < -0.39 is 12.0 Å². The maximum absolute atomic E-state index is 12.6. The Balaban J connectivity index is 1.68. The Labute approximate surface area is 123 Å². The average Bonchev–Trinajstić information content (AvgIpc) is 3.03. The molecule has 2 amide bonds. The highest BCUT2D eigenvalue weighted by Crippen LogP contribution is 2.26. The van der Waals surface area contributed by atoms with Gasteiger partial charge < -0.3 is 14.9 Å². The summed E-state index contributed by atoms with van der Waals surface area (Å²) in [6, 6.07) is -0.272. The van der Waals surface area contributed by atoms with E-state index in [0.29, 0.717) is 17.7 Å². The summed E-state index contributed by atoms with van der Waals surface area (Å²) >= 11 is 1.52. The van der Waals surface area contributed by atoms with Gasteiger partial charge in [-0.05, 0) is 25.8 Å². The van der Waals surface area contributed by atoms with Crippen molar-refractivity contribution in [2.24, 2.45) is 0 Å². The van der Waals surface area contributed by atoms with E-state index >= 15 is 0 Å². The fourth-order valence-electron chi connectivity index (χ4n) is 3.40. The van der Waals surface area contributed by atoms with Gasteiger partial charge in [0.05, 0.1) is 5.88 Å². The predicted molar refractivity (Wildman–Crippen MR) is 76.8 cm³/mol. The monoisotopic (exact) mass is 299 g/mol. The molecule has 0 aromatic carbocycles. The molecule has 0 radical (unpaired) electrons. The molecule has 3 rings (SSSR count). The van der Waals surface area contributed by atoms with Crippen LogP contribution >= 0.6 is 11.8 Å². The van der Waals surface area contributed by atoms with Crippen LogP contribution in [0.4, 0.5) is 4.79 Å². The highest BCUT2D eigenvalue weighted by Gasteiger charge is 2.38. The summed E-state index contributed by atoms with van der Waals surface area (Å²) in [5.41, 5.74) is 0. The Morgan fingerprint density at radius 1 is 1.15 bits per heavy atom. The van der Waals surface area contributed by atoms with Crippen molar-refractivity contribution in [3.05, 3.63) is 0 Å². The van der Waals surface area contributed by atoms with Crippen molar-refractivity contribution in [2.75, 3.05) is 37.8 Å². The number of hydrogen-bond acceptors (Lipinski definition) is 4. The quantitative estimate of drug-likeness (QED) is 0.773. The first-order chi connectivity index (χ1) is 9.66. The largest absolute Gasteiger partial charge is 0.480 e. The Morgan fingerprint density at radius 3 is 2.75 bits per heavy atom. The summed E-state index contributed by atoms with van der Waals surface area (Å²) in [6.07, 6.45) is 3.35. The van der Waals surface area contributed by atoms with E-state index in [1.54, 1.807) is 0 Å². The van der Waals surface area contributed by atoms with Gasteiger partial charge in [0.15, 0.2) is 0 Å². The second kappa shape index (κ2) is 5.81. The zero-order valence-electron chi connectivity index (χ0n) is 11.5. The molecule has 0 spiro atoms. The maximum Gasteiger partial charge on any atom is 0.327 e. The Bertz CT molecular complexity index is 406. The van der Waals surface area contributed by atoms with Crippen LogP contribution in [-0.2, 0) is 4.79 Å². The number of carbonyl (C=O) groups excluding carboxylic acids is 1. The van der Waals surface area contributed by atoms with Crippen LogP contribution in [0, 0.1) is 0 Å². The summed E-state index contributed by atoms with van der Waals surface area (Å²) in [7, 11) is 0. The smallest absolute Gasteiger partial charge is 0.327 e. The molecule has 3 fully saturated rings. The number of hydrogen-bond donors (Lipinski definition) is 1. The van der Waals surface area contributed by atoms with Crippen LogP contribution in [-0.4, -0.2) is 81.7 Å². The normalized spacial score (nSPS) is 31.2. The van der Waals surface area contributed by atoms with E-state index in [4.69, 9.17) is 0 Å². The molecular formula is C13H21N3O3S. The van der Waals surface area contributed by atoms with Gasteiger partial charge in [-0.3, -0.25) is 4.90 Å². The van der Waals surface area contributed by atoms with Crippen molar-refractivity contribution in [3.8, 4) is 0 Å². The number of rotatable bonds is 1. The van der Waals surface area contributed by atoms with E-state index in [1.165, 1.54) is 23.1 Å². The van der Waals surface area contributed by atoms with Crippen molar-refractivity contribution in [1.29, 1.82) is 0 Å². The third-order valence-corrected chi connectivity index (χ3v) is 5.50. The van der Waals surface area contributed by atoms with Crippen molar-refractivity contribution in [3.63, 3.8) is 0 Å². The molecule has 2 unspecified atom stereocenters. The first-order valence-electron chi connectivity index (χ1n) is 7.27. The van der Waals surface area contributed by atoms with Gasteiger partial charge >= 0.3 is 12.0 Å². The SMILES string of the molecule is O=C(O)C1CSCN1C(=O)N1CCCN2CCCC2C1. The predicted octanol–water partition coefficient (Wildman–Crippen LogP) is 0.736. The number of carboxylic acid groups (broad SMARTS) is 1. The lowest BCUT2D eigenvalue weighted by Gasteiger charge is -2.30. The van der Waals surface area contributed by atoms with E-state index in [0.717, 1.165) is 39.0 Å². The number of aliphatic carboxylic acids is 1. The molecule has 20 heavy (non-hydrogen) atoms. The summed E-state index contributed by atoms with van der Waals surface area (Å²) < 4.78 is 0. The van der Waals surface area contributed by atoms with E-state index in [9.17, 15) is 14.7 Å². The number of urea groups is 1. The molecular weight excluding hydrogens is 278 g/mol. The molecule has 0 aromatic rings. The third-order valence-electron chi connectivity index (χ3n) is 4.49. The van der Waals surface area contributed by atoms with Crippen LogP contribution < -0.4 is 0 Å². The van der Waals surface area contributed by atoms with E-state index in [-0.39, 0.29) is 6.03 Å². The lowest BCUT2D eigenvalue weighted by molar-refractivity contribution is -0.140. The molecule has 3 aliphatic heterocycles. The highest BCUT2D eigenvalue weighted by molar-refractivity contribution is 7.99. The number of nitrogens with zero attached hydrogens (tertiary/aromatic N) is 3. The fourth-order valence-corrected chi connectivity index (χ4v) is 4.54. The molecule has 3 saturated heterocycles. The number of amides is 2. The van der Waals surface area contributed by atoms with Gasteiger partial charge in [-0.25, -0.2) is 9.59 Å². The maximum atomic E-state index is 12.6. The second-order valence-electron chi connectivity index (χ2n) is 5.74. The van der Waals surface area contributed by atoms with Gasteiger partial charge in [0.25, 0.3) is 0 Å². The van der Waals surface area contributed by atoms with E-state index in [2.05, 4.69) is 4.90 Å². The summed E-state index contributed by atoms with van der Waals surface area (Å²) in [4.78, 5) is 29.7. The number of thioether (sulfide) groups is 1. The molecule has 112 valence electrons. The fraction of sp³-hybridized carbons (Fsp3) is 0.846. The zero-order valence-corrected chi connectivity index (χ0v) is 12.3. The van der Waals surface area contributed by atoms with E-state index in [1.807, 2.05) is 4.90 Å². The summed E-state index contributed by atoms with van der Waals surface area (Å²) in [5.74, 6) is 0.117. The molecule has 2 atom stereocenters. The number of fused-ring (bicyclic) bond motifs is 1. The van der Waals surface area contributed by atoms with Crippen LogP contribution in [0.2, 0.25) is 0 Å². The lowest BCUT2D eigenvalue weighted by atomic mass is 10.2. The molecule has 0 aliphatic carbocycles. The molecule has 0 saturated carbocycles. The van der Waals surface area contributed by atoms with Crippen LogP contribution in [0.1, 0.15) is 19.3 Å². The van der Waals surface area contributed by atoms with Crippen molar-refractivity contribution in [2.45, 2.75) is 31.3 Å². The lowest BCUT2D eigenvalue weighted by Crippen LogP contribution is -2.50. The van der Waals surface area contributed by atoms with Crippen molar-refractivity contribution >= 4 is 23.8 Å². The molecule has 0 bridgehead atoms. The molecule has 3 heterocycles. The van der Waals surface area contributed by atoms with Crippen molar-refractivity contribution < 1.29 is 14.7 Å². The molecule has 0 aromatic heterocycles. The molecule has 7 heteroatoms. The van der Waals surface area contributed by atoms with Crippen LogP contribution in [0.3, 0.4) is 0 Å². The zero-order chi connectivity index (χ0) is 14.1. The Morgan fingerprint density at radius 2 is 1.95 bits per heavy atom. The van der Waals surface area contributed by atoms with Gasteiger partial charge in [0.2, 0.25) is 0 Å². The number of carboxylic acids is 1. The summed E-state index contributed by atoms with van der Waals surface area (Å²) in [6.45, 7) is 3.71. The van der Waals surface area contributed by atoms with Gasteiger partial charge in [0, 0.05) is 31.4 Å². The van der Waals surface area contributed by atoms with Crippen molar-refractivity contribution in [1.82, 2.24) is 14.7 Å². The summed E-state index contributed by atoms with van der Waals surface area (Å²) in [5, 5.41) is 9.20. The molecule has 1 N–H and O–H groups in total. The van der Waals surface area contributed by atoms with Crippen LogP contribution in [0.15, 0.2) is 0 Å². The highest BCUT2D eigenvalue weighted by atomic mass is 32.2. The second-order valence-corrected chi connectivity index (χ2v) is 6.74. The average molecular weight is 299 g/mol. The van der Waals surface area contributed by atoms with Crippen LogP contribution in [0.5, 0.6) is 0 Å².